The summed E-state index contributed by atoms with van der Waals surface area (Å²) in [7, 11) is 0.634. The van der Waals surface area contributed by atoms with Crippen molar-refractivity contribution in [3.05, 3.63) is 36.0 Å². The van der Waals surface area contributed by atoms with Crippen LogP contribution in [0.25, 0.3) is 11.4 Å². The Hall–Kier alpha value is -2.52. The molecule has 1 saturated heterocycles. The molecule has 33 heavy (non-hydrogen) atoms. The number of nitrogens with zero attached hydrogens (tertiary/aromatic N) is 3. The van der Waals surface area contributed by atoms with Gasteiger partial charge in [0.25, 0.3) is 0 Å². The molecule has 0 radical (unpaired) electrons. The van der Waals surface area contributed by atoms with Crippen LogP contribution in [-0.2, 0) is 21.3 Å². The van der Waals surface area contributed by atoms with Crippen LogP contribution in [0.2, 0.25) is 0 Å². The highest BCUT2D eigenvalue weighted by atomic mass is 32.2. The number of amides is 2. The fourth-order valence-corrected chi connectivity index (χ4v) is 5.92. The third-order valence-electron chi connectivity index (χ3n) is 6.27. The van der Waals surface area contributed by atoms with Crippen LogP contribution in [0.4, 0.5) is 16.3 Å². The molecule has 2 heterocycles. The first-order valence-electron chi connectivity index (χ1n) is 11.7. The van der Waals surface area contributed by atoms with Gasteiger partial charge in [0, 0.05) is 47.0 Å². The van der Waals surface area contributed by atoms with Gasteiger partial charge in [0.1, 0.15) is 5.82 Å². The lowest BCUT2D eigenvalue weighted by atomic mass is 10.0. The van der Waals surface area contributed by atoms with Gasteiger partial charge in [0.15, 0.2) is 5.82 Å². The maximum atomic E-state index is 13.1. The fourth-order valence-electron chi connectivity index (χ4n) is 4.39. The number of carbonyl (C=O) groups excluding carboxylic acids is 1. The molecule has 1 unspecified atom stereocenters. The minimum atomic E-state index is -0.943. The topological polar surface area (TPSA) is 96.5 Å². The maximum Gasteiger partial charge on any atom is 0.318 e. The number of carbonyl (C=O) groups is 1. The molecule has 4 rings (SSSR count). The van der Waals surface area contributed by atoms with Crippen molar-refractivity contribution in [1.29, 1.82) is 0 Å². The molecule has 2 amide bonds. The van der Waals surface area contributed by atoms with Crippen molar-refractivity contribution in [3.63, 3.8) is 0 Å². The van der Waals surface area contributed by atoms with Gasteiger partial charge < -0.3 is 20.3 Å². The van der Waals surface area contributed by atoms with Crippen molar-refractivity contribution in [2.45, 2.75) is 56.1 Å². The van der Waals surface area contributed by atoms with Crippen LogP contribution in [0, 0.1) is 0 Å². The number of urea groups is 1. The number of nitrogens with one attached hydrogen (secondary N) is 2. The van der Waals surface area contributed by atoms with Crippen molar-refractivity contribution in [3.8, 4) is 11.4 Å². The van der Waals surface area contributed by atoms with Crippen LogP contribution in [-0.4, -0.2) is 58.3 Å². The Morgan fingerprint density at radius 3 is 2.64 bits per heavy atom. The number of ether oxygens (including phenoxy) is 1. The fraction of sp³-hybridized carbons (Fsp3) is 0.542. The van der Waals surface area contributed by atoms with Crippen LogP contribution in [0.1, 0.15) is 44.7 Å². The second-order valence-electron chi connectivity index (χ2n) is 8.72. The molecule has 8 nitrogen and oxygen atoms in total. The molecular weight excluding hydrogens is 438 g/mol. The molecule has 1 aromatic heterocycles. The van der Waals surface area contributed by atoms with E-state index >= 15 is 0 Å². The normalized spacial score (nSPS) is 20.3. The minimum Gasteiger partial charge on any atom is -0.377 e. The summed E-state index contributed by atoms with van der Waals surface area (Å²) >= 11 is 0. The van der Waals surface area contributed by atoms with E-state index in [9.17, 15) is 9.00 Å². The van der Waals surface area contributed by atoms with Crippen LogP contribution < -0.4 is 15.5 Å². The molecule has 0 spiro atoms. The lowest BCUT2D eigenvalue weighted by molar-refractivity contribution is 0.0985. The first-order valence-corrected chi connectivity index (χ1v) is 13.1. The van der Waals surface area contributed by atoms with Gasteiger partial charge in [-0.3, -0.25) is 4.21 Å². The Morgan fingerprint density at radius 1 is 1.18 bits per heavy atom. The lowest BCUT2D eigenvalue weighted by Crippen LogP contribution is -2.44. The minimum absolute atomic E-state index is 0.206. The molecule has 0 bridgehead atoms. The molecular formula is C24H33N5O3S. The van der Waals surface area contributed by atoms with Crippen molar-refractivity contribution < 1.29 is 13.7 Å². The maximum absolute atomic E-state index is 13.1. The summed E-state index contributed by atoms with van der Waals surface area (Å²) < 4.78 is 18.7. The van der Waals surface area contributed by atoms with Gasteiger partial charge in [-0.05, 0) is 44.0 Å². The number of hydrogen-bond donors (Lipinski definition) is 2. The first-order chi connectivity index (χ1) is 16.0. The van der Waals surface area contributed by atoms with Crippen LogP contribution in [0.15, 0.2) is 30.3 Å². The van der Waals surface area contributed by atoms with Gasteiger partial charge in [-0.2, -0.15) is 0 Å². The number of rotatable bonds is 6. The highest BCUT2D eigenvalue weighted by molar-refractivity contribution is 7.84. The van der Waals surface area contributed by atoms with Crippen molar-refractivity contribution in [2.75, 3.05) is 37.0 Å². The number of aromatic nitrogens is 2. The van der Waals surface area contributed by atoms with E-state index in [0.29, 0.717) is 30.5 Å². The largest absolute Gasteiger partial charge is 0.377 e. The second-order valence-corrected chi connectivity index (χ2v) is 10.4. The number of hydrogen-bond acceptors (Lipinski definition) is 6. The van der Waals surface area contributed by atoms with E-state index in [4.69, 9.17) is 14.7 Å². The Morgan fingerprint density at radius 2 is 1.94 bits per heavy atom. The van der Waals surface area contributed by atoms with E-state index in [0.717, 1.165) is 36.5 Å². The number of anilines is 2. The third-order valence-corrected chi connectivity index (χ3v) is 8.06. The van der Waals surface area contributed by atoms with E-state index in [1.54, 1.807) is 7.05 Å². The SMILES string of the molecule is CNC(=O)Nc1ccc(-c2nc(CS(=O)C3CCCCC3)cc(N3CCOC[C@@H]3C)n2)cc1. The molecule has 1 saturated carbocycles. The van der Waals surface area contributed by atoms with Crippen molar-refractivity contribution in [1.82, 2.24) is 15.3 Å². The predicted molar refractivity (Wildman–Crippen MR) is 132 cm³/mol. The molecule has 1 aliphatic heterocycles. The lowest BCUT2D eigenvalue weighted by Gasteiger charge is -2.34. The molecule has 178 valence electrons. The summed E-state index contributed by atoms with van der Waals surface area (Å²) in [6, 6.07) is 9.39. The predicted octanol–water partition coefficient (Wildman–Crippen LogP) is 3.70. The molecule has 2 aromatic rings. The quantitative estimate of drug-likeness (QED) is 0.667. The molecule has 9 heteroatoms. The van der Waals surface area contributed by atoms with E-state index in [1.165, 1.54) is 19.3 Å². The summed E-state index contributed by atoms with van der Waals surface area (Å²) in [6.45, 7) is 4.20. The summed E-state index contributed by atoms with van der Waals surface area (Å²) in [5, 5.41) is 5.56. The summed E-state index contributed by atoms with van der Waals surface area (Å²) in [5.74, 6) is 1.90. The monoisotopic (exact) mass is 471 g/mol. The Kier molecular flexibility index (Phi) is 7.93. The van der Waals surface area contributed by atoms with E-state index in [1.807, 2.05) is 30.3 Å². The number of morpholine rings is 1. The molecule has 2 N–H and O–H groups in total. The molecule has 1 aromatic carbocycles. The standard InChI is InChI=1S/C24H33N5O3S/c1-17-15-32-13-12-29(17)22-14-20(16-33(31)21-6-4-3-5-7-21)26-23(28-22)18-8-10-19(11-9-18)27-24(30)25-2/h8-11,14,17,21H,3-7,12-13,15-16H2,1-2H3,(H2,25,27,30)/t17-,33?/m0/s1. The number of benzene rings is 1. The Bertz CT molecular complexity index is 979. The highest BCUT2D eigenvalue weighted by Crippen LogP contribution is 2.27. The van der Waals surface area contributed by atoms with E-state index in [-0.39, 0.29) is 17.3 Å². The molecule has 2 aliphatic rings. The average Bonchev–Trinajstić information content (AvgIpc) is 2.85. The molecule has 2 atom stereocenters. The van der Waals surface area contributed by atoms with Gasteiger partial charge in [-0.25, -0.2) is 14.8 Å². The smallest absolute Gasteiger partial charge is 0.318 e. The molecule has 1 aliphatic carbocycles. The van der Waals surface area contributed by atoms with Gasteiger partial charge in [0.2, 0.25) is 0 Å². The zero-order valence-corrected chi connectivity index (χ0v) is 20.2. The summed E-state index contributed by atoms with van der Waals surface area (Å²) in [4.78, 5) is 23.5. The van der Waals surface area contributed by atoms with Gasteiger partial charge in [-0.15, -0.1) is 0 Å². The highest BCUT2D eigenvalue weighted by Gasteiger charge is 2.24. The second kappa shape index (κ2) is 11.1. The molecule has 2 fully saturated rings. The van der Waals surface area contributed by atoms with Crippen molar-refractivity contribution >= 4 is 28.3 Å². The van der Waals surface area contributed by atoms with E-state index < -0.39 is 10.8 Å². The summed E-state index contributed by atoms with van der Waals surface area (Å²) in [5.41, 5.74) is 2.35. The van der Waals surface area contributed by atoms with Gasteiger partial charge >= 0.3 is 6.03 Å². The van der Waals surface area contributed by atoms with Crippen LogP contribution in [0.5, 0.6) is 0 Å². The Labute approximate surface area is 198 Å². The van der Waals surface area contributed by atoms with Crippen molar-refractivity contribution in [2.24, 2.45) is 0 Å². The summed E-state index contributed by atoms with van der Waals surface area (Å²) in [6.07, 6.45) is 5.65. The van der Waals surface area contributed by atoms with Crippen LogP contribution >= 0.6 is 0 Å². The van der Waals surface area contributed by atoms with Crippen LogP contribution in [0.3, 0.4) is 0 Å². The zero-order chi connectivity index (χ0) is 23.2. The average molecular weight is 472 g/mol. The van der Waals surface area contributed by atoms with Gasteiger partial charge in [-0.1, -0.05) is 19.3 Å². The Balaban J connectivity index is 1.62. The third kappa shape index (κ3) is 6.09. The van der Waals surface area contributed by atoms with Gasteiger partial charge in [0.05, 0.1) is 30.7 Å². The van der Waals surface area contributed by atoms with E-state index in [2.05, 4.69) is 22.5 Å². The first kappa shape index (κ1) is 23.6. The zero-order valence-electron chi connectivity index (χ0n) is 19.4.